The average molecular weight is 396 g/mol. The lowest BCUT2D eigenvalue weighted by Gasteiger charge is -2.15. The molecule has 0 bridgehead atoms. The van der Waals surface area contributed by atoms with Crippen molar-refractivity contribution in [2.75, 3.05) is 19.6 Å². The van der Waals surface area contributed by atoms with Crippen molar-refractivity contribution in [3.8, 4) is 0 Å². The van der Waals surface area contributed by atoms with Gasteiger partial charge in [-0.25, -0.2) is 0 Å². The molecule has 18 heavy (non-hydrogen) atoms. The lowest BCUT2D eigenvalue weighted by Crippen LogP contribution is -2.38. The van der Waals surface area contributed by atoms with E-state index in [1.54, 1.807) is 11.0 Å². The number of likely N-dealkylation sites (tertiary alicyclic amines) is 1. The van der Waals surface area contributed by atoms with E-state index < -0.39 is 0 Å². The van der Waals surface area contributed by atoms with Crippen molar-refractivity contribution in [2.24, 2.45) is 0 Å². The van der Waals surface area contributed by atoms with E-state index in [4.69, 9.17) is 0 Å². The molecule has 0 atom stereocenters. The summed E-state index contributed by atoms with van der Waals surface area (Å²) in [5.74, 6) is -0.213. The van der Waals surface area contributed by atoms with E-state index in [0.717, 1.165) is 34.2 Å². The van der Waals surface area contributed by atoms with Crippen LogP contribution < -0.4 is 5.32 Å². The van der Waals surface area contributed by atoms with Crippen molar-refractivity contribution in [3.05, 3.63) is 19.2 Å². The minimum Gasteiger partial charge on any atom is -0.342 e. The van der Waals surface area contributed by atoms with E-state index in [1.807, 2.05) is 0 Å². The van der Waals surface area contributed by atoms with Crippen molar-refractivity contribution in [1.82, 2.24) is 10.2 Å². The second-order valence-corrected chi connectivity index (χ2v) is 7.23. The van der Waals surface area contributed by atoms with Gasteiger partial charge < -0.3 is 10.2 Å². The maximum atomic E-state index is 11.8. The van der Waals surface area contributed by atoms with E-state index in [1.165, 1.54) is 11.3 Å². The molecule has 2 amide bonds. The summed E-state index contributed by atoms with van der Waals surface area (Å²) < 4.78 is 1.72. The smallest absolute Gasteiger partial charge is 0.261 e. The minimum absolute atomic E-state index is 0.00413. The van der Waals surface area contributed by atoms with Gasteiger partial charge in [0, 0.05) is 17.6 Å². The number of hydrogen-bond donors (Lipinski definition) is 1. The average Bonchev–Trinajstić information content (AvgIpc) is 2.97. The molecule has 4 nitrogen and oxygen atoms in total. The molecule has 1 fully saturated rings. The molecule has 1 N–H and O–H groups in total. The van der Waals surface area contributed by atoms with Gasteiger partial charge in [-0.15, -0.1) is 11.3 Å². The van der Waals surface area contributed by atoms with Gasteiger partial charge >= 0.3 is 0 Å². The van der Waals surface area contributed by atoms with Gasteiger partial charge in [0.05, 0.1) is 15.2 Å². The lowest BCUT2D eigenvalue weighted by atomic mass is 10.4. The lowest BCUT2D eigenvalue weighted by molar-refractivity contribution is -0.129. The number of carbonyl (C=O) groups excluding carboxylic acids is 2. The van der Waals surface area contributed by atoms with Crippen LogP contribution >= 0.6 is 43.2 Å². The Balaban J connectivity index is 1.86. The number of nitrogens with zero attached hydrogens (tertiary/aromatic N) is 1. The highest BCUT2D eigenvalue weighted by atomic mass is 79.9. The quantitative estimate of drug-likeness (QED) is 0.855. The summed E-state index contributed by atoms with van der Waals surface area (Å²) in [6.07, 6.45) is 2.12. The van der Waals surface area contributed by atoms with Crippen LogP contribution in [0.15, 0.2) is 14.3 Å². The van der Waals surface area contributed by atoms with Crippen LogP contribution in [0.1, 0.15) is 22.5 Å². The topological polar surface area (TPSA) is 49.4 Å². The predicted molar refractivity (Wildman–Crippen MR) is 77.9 cm³/mol. The highest BCUT2D eigenvalue weighted by Gasteiger charge is 2.19. The van der Waals surface area contributed by atoms with Gasteiger partial charge in [-0.3, -0.25) is 9.59 Å². The van der Waals surface area contributed by atoms with Gasteiger partial charge in [0.25, 0.3) is 5.91 Å². The van der Waals surface area contributed by atoms with Gasteiger partial charge in [0.15, 0.2) is 0 Å². The number of amides is 2. The van der Waals surface area contributed by atoms with E-state index in [2.05, 4.69) is 37.2 Å². The summed E-state index contributed by atoms with van der Waals surface area (Å²) in [6, 6.07) is 1.74. The van der Waals surface area contributed by atoms with Crippen LogP contribution in [0.5, 0.6) is 0 Å². The molecular weight excluding hydrogens is 384 g/mol. The molecule has 0 spiro atoms. The summed E-state index contributed by atoms with van der Waals surface area (Å²) in [7, 11) is 0. The standard InChI is InChI=1S/C11H12Br2N2O2S/c12-7-5-8(18-10(7)13)11(17)14-6-9(16)15-3-1-2-4-15/h5H,1-4,6H2,(H,14,17). The molecule has 0 radical (unpaired) electrons. The third-order valence-corrected chi connectivity index (χ3v) is 5.98. The molecule has 0 aliphatic carbocycles. The molecule has 1 saturated heterocycles. The fraction of sp³-hybridized carbons (Fsp3) is 0.455. The predicted octanol–water partition coefficient (Wildman–Crippen LogP) is 2.63. The van der Waals surface area contributed by atoms with Crippen LogP contribution in [0.4, 0.5) is 0 Å². The fourth-order valence-electron chi connectivity index (χ4n) is 1.78. The van der Waals surface area contributed by atoms with E-state index >= 15 is 0 Å². The summed E-state index contributed by atoms with van der Waals surface area (Å²) in [5.41, 5.74) is 0. The molecule has 2 rings (SSSR count). The van der Waals surface area contributed by atoms with Crippen molar-refractivity contribution >= 4 is 55.0 Å². The number of halogens is 2. The third kappa shape index (κ3) is 3.33. The Kier molecular flexibility index (Phi) is 4.80. The van der Waals surface area contributed by atoms with E-state index in [9.17, 15) is 9.59 Å². The van der Waals surface area contributed by atoms with Gasteiger partial charge in [-0.1, -0.05) is 0 Å². The van der Waals surface area contributed by atoms with Crippen molar-refractivity contribution in [1.29, 1.82) is 0 Å². The zero-order valence-electron chi connectivity index (χ0n) is 9.54. The highest BCUT2D eigenvalue weighted by molar-refractivity contribution is 9.13. The second kappa shape index (κ2) is 6.16. The Morgan fingerprint density at radius 2 is 2.00 bits per heavy atom. The Bertz CT molecular complexity index is 450. The van der Waals surface area contributed by atoms with Crippen LogP contribution in [0, 0.1) is 0 Å². The van der Waals surface area contributed by atoms with Crippen LogP contribution in [0.25, 0.3) is 0 Å². The molecule has 0 saturated carbocycles. The zero-order valence-corrected chi connectivity index (χ0v) is 13.5. The molecule has 2 heterocycles. The number of nitrogens with one attached hydrogen (secondary N) is 1. The summed E-state index contributed by atoms with van der Waals surface area (Å²) in [5, 5.41) is 2.65. The Morgan fingerprint density at radius 1 is 1.33 bits per heavy atom. The fourth-order valence-corrected chi connectivity index (χ4v) is 3.73. The molecule has 1 aliphatic heterocycles. The normalized spacial score (nSPS) is 14.9. The minimum atomic E-state index is -0.209. The van der Waals surface area contributed by atoms with Crippen LogP contribution in [0.3, 0.4) is 0 Å². The van der Waals surface area contributed by atoms with Gasteiger partial charge in [-0.05, 0) is 50.8 Å². The molecular formula is C11H12Br2N2O2S. The van der Waals surface area contributed by atoms with E-state index in [-0.39, 0.29) is 18.4 Å². The molecule has 0 unspecified atom stereocenters. The first-order valence-corrected chi connectivity index (χ1v) is 7.99. The zero-order chi connectivity index (χ0) is 13.1. The highest BCUT2D eigenvalue weighted by Crippen LogP contribution is 2.32. The monoisotopic (exact) mass is 394 g/mol. The molecule has 1 aliphatic rings. The van der Waals surface area contributed by atoms with Gasteiger partial charge in [0.1, 0.15) is 0 Å². The number of carbonyl (C=O) groups is 2. The van der Waals surface area contributed by atoms with Crippen molar-refractivity contribution < 1.29 is 9.59 Å². The number of hydrogen-bond acceptors (Lipinski definition) is 3. The molecule has 1 aromatic heterocycles. The van der Waals surface area contributed by atoms with E-state index in [0.29, 0.717) is 4.88 Å². The molecule has 1 aromatic rings. The molecule has 98 valence electrons. The SMILES string of the molecule is O=C(NCC(=O)N1CCCC1)c1cc(Br)c(Br)s1. The van der Waals surface area contributed by atoms with Crippen LogP contribution in [0.2, 0.25) is 0 Å². The Labute approximate surface area is 126 Å². The molecule has 7 heteroatoms. The second-order valence-electron chi connectivity index (χ2n) is 4.00. The van der Waals surface area contributed by atoms with Crippen LogP contribution in [-0.2, 0) is 4.79 Å². The Hall–Kier alpha value is -0.400. The Morgan fingerprint density at radius 3 is 2.56 bits per heavy atom. The number of rotatable bonds is 3. The van der Waals surface area contributed by atoms with Crippen LogP contribution in [-0.4, -0.2) is 36.3 Å². The van der Waals surface area contributed by atoms with Gasteiger partial charge in [0.2, 0.25) is 5.91 Å². The first-order chi connectivity index (χ1) is 8.58. The summed E-state index contributed by atoms with van der Waals surface area (Å²) >= 11 is 8.00. The molecule has 0 aromatic carbocycles. The number of thiophene rings is 1. The third-order valence-electron chi connectivity index (χ3n) is 2.73. The largest absolute Gasteiger partial charge is 0.342 e. The van der Waals surface area contributed by atoms with Crippen molar-refractivity contribution in [2.45, 2.75) is 12.8 Å². The van der Waals surface area contributed by atoms with Crippen molar-refractivity contribution in [3.63, 3.8) is 0 Å². The van der Waals surface area contributed by atoms with Gasteiger partial charge in [-0.2, -0.15) is 0 Å². The maximum absolute atomic E-state index is 11.8. The first-order valence-electron chi connectivity index (χ1n) is 5.58. The maximum Gasteiger partial charge on any atom is 0.261 e. The summed E-state index contributed by atoms with van der Waals surface area (Å²) in [6.45, 7) is 1.70. The first kappa shape index (κ1) is 14.0. The summed E-state index contributed by atoms with van der Waals surface area (Å²) in [4.78, 5) is 25.9.